The SMILES string of the molecule is CCC1CCC(NC2CCCC(C(C)C)CC2)CC1. The van der Waals surface area contributed by atoms with Crippen LogP contribution in [0.15, 0.2) is 0 Å². The van der Waals surface area contributed by atoms with E-state index in [1.165, 1.54) is 64.2 Å². The van der Waals surface area contributed by atoms with Gasteiger partial charge < -0.3 is 5.32 Å². The Morgan fingerprint density at radius 2 is 1.47 bits per heavy atom. The van der Waals surface area contributed by atoms with Crippen LogP contribution < -0.4 is 5.32 Å². The molecule has 2 aliphatic rings. The molecule has 0 aromatic carbocycles. The molecule has 0 saturated heterocycles. The van der Waals surface area contributed by atoms with E-state index < -0.39 is 0 Å². The van der Waals surface area contributed by atoms with E-state index in [4.69, 9.17) is 0 Å². The monoisotopic (exact) mass is 265 g/mol. The van der Waals surface area contributed by atoms with Crippen molar-refractivity contribution in [2.75, 3.05) is 0 Å². The summed E-state index contributed by atoms with van der Waals surface area (Å²) < 4.78 is 0. The van der Waals surface area contributed by atoms with Crippen LogP contribution in [-0.2, 0) is 0 Å². The molecule has 2 unspecified atom stereocenters. The van der Waals surface area contributed by atoms with Crippen molar-refractivity contribution in [3.8, 4) is 0 Å². The lowest BCUT2D eigenvalue weighted by molar-refractivity contribution is 0.259. The Bertz CT molecular complexity index is 240. The van der Waals surface area contributed by atoms with Gasteiger partial charge in [0.1, 0.15) is 0 Å². The molecule has 1 heteroatoms. The second-order valence-electron chi connectivity index (χ2n) is 7.50. The van der Waals surface area contributed by atoms with E-state index >= 15 is 0 Å². The number of rotatable bonds is 4. The lowest BCUT2D eigenvalue weighted by Gasteiger charge is -2.31. The highest BCUT2D eigenvalue weighted by Gasteiger charge is 2.25. The molecule has 0 aromatic rings. The third kappa shape index (κ3) is 4.77. The maximum atomic E-state index is 4.00. The Labute approximate surface area is 120 Å². The van der Waals surface area contributed by atoms with Gasteiger partial charge in [-0.2, -0.15) is 0 Å². The van der Waals surface area contributed by atoms with Crippen LogP contribution in [0, 0.1) is 17.8 Å². The maximum Gasteiger partial charge on any atom is 0.00698 e. The maximum absolute atomic E-state index is 4.00. The molecular formula is C18H35N. The van der Waals surface area contributed by atoms with Crippen molar-refractivity contribution in [2.45, 2.75) is 97.1 Å². The zero-order valence-electron chi connectivity index (χ0n) is 13.5. The van der Waals surface area contributed by atoms with Crippen molar-refractivity contribution >= 4 is 0 Å². The van der Waals surface area contributed by atoms with Gasteiger partial charge in [-0.15, -0.1) is 0 Å². The molecule has 0 aromatic heterocycles. The Kier molecular flexibility index (Phi) is 6.19. The lowest BCUT2D eigenvalue weighted by atomic mass is 9.84. The predicted octanol–water partition coefficient (Wildman–Crippen LogP) is 5.15. The van der Waals surface area contributed by atoms with Crippen LogP contribution in [0.1, 0.15) is 85.0 Å². The molecule has 0 aliphatic heterocycles. The summed E-state index contributed by atoms with van der Waals surface area (Å²) >= 11 is 0. The smallest absolute Gasteiger partial charge is 0.00698 e. The quantitative estimate of drug-likeness (QED) is 0.693. The molecule has 1 N–H and O–H groups in total. The van der Waals surface area contributed by atoms with Gasteiger partial charge in [0.05, 0.1) is 0 Å². The molecular weight excluding hydrogens is 230 g/mol. The highest BCUT2D eigenvalue weighted by atomic mass is 14.9. The molecule has 2 aliphatic carbocycles. The van der Waals surface area contributed by atoms with Crippen molar-refractivity contribution in [2.24, 2.45) is 17.8 Å². The number of nitrogens with one attached hydrogen (secondary N) is 1. The molecule has 0 amide bonds. The number of hydrogen-bond acceptors (Lipinski definition) is 1. The molecule has 19 heavy (non-hydrogen) atoms. The minimum Gasteiger partial charge on any atom is -0.311 e. The van der Waals surface area contributed by atoms with E-state index in [0.29, 0.717) is 0 Å². The fourth-order valence-corrected chi connectivity index (χ4v) is 4.23. The average molecular weight is 265 g/mol. The molecule has 2 fully saturated rings. The van der Waals surface area contributed by atoms with Crippen LogP contribution in [-0.4, -0.2) is 12.1 Å². The van der Waals surface area contributed by atoms with Gasteiger partial charge in [0, 0.05) is 12.1 Å². The van der Waals surface area contributed by atoms with Crippen molar-refractivity contribution < 1.29 is 0 Å². The fourth-order valence-electron chi connectivity index (χ4n) is 4.23. The van der Waals surface area contributed by atoms with Gasteiger partial charge in [-0.05, 0) is 62.7 Å². The third-order valence-electron chi connectivity index (χ3n) is 5.85. The van der Waals surface area contributed by atoms with E-state index in [1.54, 1.807) is 0 Å². The zero-order valence-corrected chi connectivity index (χ0v) is 13.5. The summed E-state index contributed by atoms with van der Waals surface area (Å²) in [5.74, 6) is 2.90. The first kappa shape index (κ1) is 15.4. The fraction of sp³-hybridized carbons (Fsp3) is 1.00. The van der Waals surface area contributed by atoms with E-state index in [2.05, 4.69) is 26.1 Å². The van der Waals surface area contributed by atoms with Gasteiger partial charge in [-0.25, -0.2) is 0 Å². The second-order valence-corrected chi connectivity index (χ2v) is 7.50. The van der Waals surface area contributed by atoms with Gasteiger partial charge in [0.15, 0.2) is 0 Å². The lowest BCUT2D eigenvalue weighted by Crippen LogP contribution is -2.40. The molecule has 2 saturated carbocycles. The molecule has 0 radical (unpaired) electrons. The van der Waals surface area contributed by atoms with Crippen LogP contribution in [0.4, 0.5) is 0 Å². The highest BCUT2D eigenvalue weighted by Crippen LogP contribution is 2.31. The van der Waals surface area contributed by atoms with E-state index in [-0.39, 0.29) is 0 Å². The van der Waals surface area contributed by atoms with Gasteiger partial charge in [-0.1, -0.05) is 40.0 Å². The first-order chi connectivity index (χ1) is 9.19. The van der Waals surface area contributed by atoms with Gasteiger partial charge in [0.25, 0.3) is 0 Å². The van der Waals surface area contributed by atoms with E-state index in [0.717, 1.165) is 29.8 Å². The van der Waals surface area contributed by atoms with E-state index in [1.807, 2.05) is 0 Å². The van der Waals surface area contributed by atoms with Crippen LogP contribution in [0.5, 0.6) is 0 Å². The summed E-state index contributed by atoms with van der Waals surface area (Å²) in [6.07, 6.45) is 14.4. The summed E-state index contributed by atoms with van der Waals surface area (Å²) in [6, 6.07) is 1.66. The van der Waals surface area contributed by atoms with Crippen LogP contribution in [0.2, 0.25) is 0 Å². The van der Waals surface area contributed by atoms with Crippen LogP contribution in [0.25, 0.3) is 0 Å². The predicted molar refractivity (Wildman–Crippen MR) is 84.4 cm³/mol. The summed E-state index contributed by atoms with van der Waals surface area (Å²) in [5.41, 5.74) is 0. The molecule has 112 valence electrons. The van der Waals surface area contributed by atoms with Gasteiger partial charge in [-0.3, -0.25) is 0 Å². The summed E-state index contributed by atoms with van der Waals surface area (Å²) in [6.45, 7) is 7.17. The van der Waals surface area contributed by atoms with Crippen molar-refractivity contribution in [3.05, 3.63) is 0 Å². The highest BCUT2D eigenvalue weighted by molar-refractivity contribution is 4.82. The Balaban J connectivity index is 1.71. The van der Waals surface area contributed by atoms with Crippen molar-refractivity contribution in [1.29, 1.82) is 0 Å². The molecule has 1 nitrogen and oxygen atoms in total. The minimum absolute atomic E-state index is 0.826. The minimum atomic E-state index is 0.826. The molecule has 0 bridgehead atoms. The number of hydrogen-bond donors (Lipinski definition) is 1. The molecule has 2 rings (SSSR count). The molecule has 0 heterocycles. The van der Waals surface area contributed by atoms with Gasteiger partial charge >= 0.3 is 0 Å². The summed E-state index contributed by atoms with van der Waals surface area (Å²) in [7, 11) is 0. The Hall–Kier alpha value is -0.0400. The van der Waals surface area contributed by atoms with Gasteiger partial charge in [0.2, 0.25) is 0 Å². The largest absolute Gasteiger partial charge is 0.311 e. The second kappa shape index (κ2) is 7.67. The van der Waals surface area contributed by atoms with E-state index in [9.17, 15) is 0 Å². The van der Waals surface area contributed by atoms with Crippen LogP contribution in [0.3, 0.4) is 0 Å². The first-order valence-corrected chi connectivity index (χ1v) is 8.95. The normalized spacial score (nSPS) is 37.3. The topological polar surface area (TPSA) is 12.0 Å². The Morgan fingerprint density at radius 1 is 0.842 bits per heavy atom. The van der Waals surface area contributed by atoms with Crippen molar-refractivity contribution in [1.82, 2.24) is 5.32 Å². The summed E-state index contributed by atoms with van der Waals surface area (Å²) in [4.78, 5) is 0. The molecule has 0 spiro atoms. The van der Waals surface area contributed by atoms with Crippen molar-refractivity contribution in [3.63, 3.8) is 0 Å². The summed E-state index contributed by atoms with van der Waals surface area (Å²) in [5, 5.41) is 4.00. The average Bonchev–Trinajstić information content (AvgIpc) is 2.65. The Morgan fingerprint density at radius 3 is 2.11 bits per heavy atom. The zero-order chi connectivity index (χ0) is 13.7. The third-order valence-corrected chi connectivity index (χ3v) is 5.85. The standard InChI is InChI=1S/C18H35N/c1-4-15-8-11-18(12-9-15)19-17-7-5-6-16(10-13-17)14(2)3/h14-19H,4-13H2,1-3H3. The first-order valence-electron chi connectivity index (χ1n) is 8.95. The molecule has 2 atom stereocenters. The van der Waals surface area contributed by atoms with Crippen LogP contribution >= 0.6 is 0 Å².